The lowest BCUT2D eigenvalue weighted by atomic mass is 9.70. The van der Waals surface area contributed by atoms with E-state index in [1.807, 2.05) is 0 Å². The molecule has 0 unspecified atom stereocenters. The molecule has 1 spiro atoms. The molecule has 0 aromatic heterocycles. The molecule has 0 amide bonds. The Hall–Kier alpha value is -7.22. The summed E-state index contributed by atoms with van der Waals surface area (Å²) in [5.74, 6) is 0. The number of nitrogens with zero attached hydrogens (tertiary/aromatic N) is 1. The maximum atomic E-state index is 2.57. The molecule has 0 atom stereocenters. The molecule has 3 aliphatic rings. The van der Waals surface area contributed by atoms with Crippen LogP contribution in [0.4, 0.5) is 17.1 Å². The van der Waals surface area contributed by atoms with Gasteiger partial charge < -0.3 is 4.90 Å². The second-order valence-electron chi connectivity index (χ2n) is 17.1. The van der Waals surface area contributed by atoms with Crippen LogP contribution in [-0.4, -0.2) is 0 Å². The van der Waals surface area contributed by atoms with E-state index in [1.165, 1.54) is 105 Å². The first-order valence-electron chi connectivity index (χ1n) is 20.9. The molecule has 1 nitrogen and oxygen atoms in total. The minimum absolute atomic E-state index is 0.210. The summed E-state index contributed by atoms with van der Waals surface area (Å²) in [5.41, 5.74) is 18.9. The number of anilines is 3. The number of hydrogen-bond acceptors (Lipinski definition) is 1. The van der Waals surface area contributed by atoms with Gasteiger partial charge in [-0.3, -0.25) is 0 Å². The summed E-state index contributed by atoms with van der Waals surface area (Å²) in [4.78, 5) is 2.57. The third kappa shape index (κ3) is 4.14. The standard InChI is InChI=1S/C58H39N/c1-57(2)50-25-11-7-23-46(50)48-24-15-29-55(56(48)57)59(36-30-32-42-40-18-4-3-16-38(40)39-17-5-6-19-41(39)49(42)34-36)37-31-33-47-45-22-10-14-28-53(45)58(54(47)35-37)51-26-12-8-20-43(51)44-21-9-13-27-52(44)58/h3-35H,1-2H3. The van der Waals surface area contributed by atoms with Crippen LogP contribution in [0.1, 0.15) is 47.2 Å². The Morgan fingerprint density at radius 2 is 0.712 bits per heavy atom. The summed E-state index contributed by atoms with van der Waals surface area (Å²) in [6.07, 6.45) is 0. The molecular formula is C58H39N. The zero-order chi connectivity index (χ0) is 39.0. The van der Waals surface area contributed by atoms with Crippen molar-refractivity contribution < 1.29 is 0 Å². The first kappa shape index (κ1) is 32.8. The van der Waals surface area contributed by atoms with Crippen molar-refractivity contribution >= 4 is 49.4 Å². The Morgan fingerprint density at radius 1 is 0.305 bits per heavy atom. The summed E-state index contributed by atoms with van der Waals surface area (Å²) in [5, 5.41) is 7.68. The minimum Gasteiger partial charge on any atom is -0.310 e. The van der Waals surface area contributed by atoms with Crippen molar-refractivity contribution in [3.63, 3.8) is 0 Å². The molecule has 0 bridgehead atoms. The molecule has 59 heavy (non-hydrogen) atoms. The highest BCUT2D eigenvalue weighted by Gasteiger charge is 2.51. The Labute approximate surface area is 344 Å². The first-order valence-corrected chi connectivity index (χ1v) is 20.9. The third-order valence-corrected chi connectivity index (χ3v) is 14.0. The second-order valence-corrected chi connectivity index (χ2v) is 17.1. The van der Waals surface area contributed by atoms with E-state index >= 15 is 0 Å². The maximum Gasteiger partial charge on any atom is 0.0726 e. The van der Waals surface area contributed by atoms with E-state index in [0.717, 1.165) is 11.4 Å². The fraction of sp³-hybridized carbons (Fsp3) is 0.0690. The second kappa shape index (κ2) is 11.7. The predicted molar refractivity (Wildman–Crippen MR) is 248 cm³/mol. The number of fused-ring (bicyclic) bond motifs is 19. The highest BCUT2D eigenvalue weighted by Crippen LogP contribution is 2.64. The van der Waals surface area contributed by atoms with Crippen LogP contribution in [-0.2, 0) is 10.8 Å². The minimum atomic E-state index is -0.437. The van der Waals surface area contributed by atoms with Gasteiger partial charge in [-0.15, -0.1) is 0 Å². The first-order chi connectivity index (χ1) is 29.0. The zero-order valence-electron chi connectivity index (χ0n) is 33.0. The Balaban J connectivity index is 1.13. The summed E-state index contributed by atoms with van der Waals surface area (Å²) < 4.78 is 0. The van der Waals surface area contributed by atoms with Gasteiger partial charge in [-0.2, -0.15) is 0 Å². The molecule has 1 heteroatoms. The van der Waals surface area contributed by atoms with Gasteiger partial charge in [0.15, 0.2) is 0 Å². The molecule has 0 fully saturated rings. The van der Waals surface area contributed by atoms with E-state index in [0.29, 0.717) is 0 Å². The normalized spacial score (nSPS) is 14.5. The SMILES string of the molecule is CC1(C)c2ccccc2-c2cccc(N(c3ccc4c(c3)C3(c5ccccc5-c5ccccc53)c3ccccc3-4)c3ccc4c5ccccc5c5ccccc5c4c3)c21. The molecule has 0 N–H and O–H groups in total. The average molecular weight is 750 g/mol. The quantitative estimate of drug-likeness (QED) is 0.163. The fourth-order valence-electron chi connectivity index (χ4n) is 11.7. The van der Waals surface area contributed by atoms with Crippen molar-refractivity contribution in [2.45, 2.75) is 24.7 Å². The van der Waals surface area contributed by atoms with Gasteiger partial charge in [0.05, 0.1) is 11.1 Å². The Kier molecular flexibility index (Phi) is 6.50. The van der Waals surface area contributed by atoms with E-state index in [1.54, 1.807) is 0 Å². The highest BCUT2D eigenvalue weighted by atomic mass is 15.1. The summed E-state index contributed by atoms with van der Waals surface area (Å²) in [6.45, 7) is 4.81. The van der Waals surface area contributed by atoms with E-state index in [4.69, 9.17) is 0 Å². The van der Waals surface area contributed by atoms with Gasteiger partial charge in [0.2, 0.25) is 0 Å². The molecule has 276 valence electrons. The smallest absolute Gasteiger partial charge is 0.0726 e. The van der Waals surface area contributed by atoms with Crippen molar-refractivity contribution in [1.82, 2.24) is 0 Å². The van der Waals surface area contributed by atoms with Crippen LogP contribution in [0, 0.1) is 0 Å². The Bertz CT molecular complexity index is 3340. The van der Waals surface area contributed by atoms with E-state index in [-0.39, 0.29) is 5.41 Å². The molecule has 3 aliphatic carbocycles. The van der Waals surface area contributed by atoms with Crippen LogP contribution in [0.2, 0.25) is 0 Å². The summed E-state index contributed by atoms with van der Waals surface area (Å²) in [6, 6.07) is 75.5. The van der Waals surface area contributed by atoms with Gasteiger partial charge in [0, 0.05) is 16.8 Å². The zero-order valence-corrected chi connectivity index (χ0v) is 33.0. The molecule has 10 aromatic rings. The van der Waals surface area contributed by atoms with Crippen LogP contribution in [0.25, 0.3) is 65.7 Å². The summed E-state index contributed by atoms with van der Waals surface area (Å²) in [7, 11) is 0. The lowest BCUT2D eigenvalue weighted by Gasteiger charge is -2.34. The monoisotopic (exact) mass is 749 g/mol. The van der Waals surface area contributed by atoms with Crippen LogP contribution in [0.15, 0.2) is 200 Å². The van der Waals surface area contributed by atoms with Crippen LogP contribution >= 0.6 is 0 Å². The predicted octanol–water partition coefficient (Wildman–Crippen LogP) is 15.3. The van der Waals surface area contributed by atoms with Gasteiger partial charge in [-0.05, 0) is 129 Å². The number of rotatable bonds is 3. The van der Waals surface area contributed by atoms with E-state index in [2.05, 4.69) is 219 Å². The fourth-order valence-corrected chi connectivity index (χ4v) is 11.7. The van der Waals surface area contributed by atoms with Gasteiger partial charge in [-0.1, -0.05) is 184 Å². The van der Waals surface area contributed by atoms with Gasteiger partial charge in [0.1, 0.15) is 0 Å². The molecule has 0 aliphatic heterocycles. The lowest BCUT2D eigenvalue weighted by molar-refractivity contribution is 0.661. The largest absolute Gasteiger partial charge is 0.310 e. The van der Waals surface area contributed by atoms with Crippen molar-refractivity contribution in [3.8, 4) is 33.4 Å². The third-order valence-electron chi connectivity index (χ3n) is 14.0. The highest BCUT2D eigenvalue weighted by molar-refractivity contribution is 6.25. The van der Waals surface area contributed by atoms with E-state index in [9.17, 15) is 0 Å². The lowest BCUT2D eigenvalue weighted by Crippen LogP contribution is -2.26. The molecule has 0 heterocycles. The van der Waals surface area contributed by atoms with Crippen molar-refractivity contribution in [2.24, 2.45) is 0 Å². The average Bonchev–Trinajstić information content (AvgIpc) is 3.85. The van der Waals surface area contributed by atoms with Crippen molar-refractivity contribution in [2.75, 3.05) is 4.90 Å². The van der Waals surface area contributed by atoms with Gasteiger partial charge >= 0.3 is 0 Å². The number of benzene rings is 10. The van der Waals surface area contributed by atoms with Crippen LogP contribution in [0.5, 0.6) is 0 Å². The van der Waals surface area contributed by atoms with Crippen LogP contribution < -0.4 is 4.90 Å². The molecule has 0 saturated carbocycles. The Morgan fingerprint density at radius 3 is 1.29 bits per heavy atom. The van der Waals surface area contributed by atoms with Crippen LogP contribution in [0.3, 0.4) is 0 Å². The van der Waals surface area contributed by atoms with Crippen molar-refractivity contribution in [1.29, 1.82) is 0 Å². The van der Waals surface area contributed by atoms with Gasteiger partial charge in [0.25, 0.3) is 0 Å². The maximum absolute atomic E-state index is 2.57. The number of hydrogen-bond donors (Lipinski definition) is 0. The summed E-state index contributed by atoms with van der Waals surface area (Å²) >= 11 is 0. The topological polar surface area (TPSA) is 3.24 Å². The van der Waals surface area contributed by atoms with E-state index < -0.39 is 5.41 Å². The molecule has 0 radical (unpaired) electrons. The van der Waals surface area contributed by atoms with Gasteiger partial charge in [-0.25, -0.2) is 0 Å². The molecule has 0 saturated heterocycles. The van der Waals surface area contributed by atoms with Crippen molar-refractivity contribution in [3.05, 3.63) is 234 Å². The molecule has 10 aromatic carbocycles. The molecule has 13 rings (SSSR count). The molecular weight excluding hydrogens is 711 g/mol.